The van der Waals surface area contributed by atoms with Crippen LogP contribution in [0.5, 0.6) is 5.75 Å². The van der Waals surface area contributed by atoms with Crippen molar-refractivity contribution in [1.82, 2.24) is 0 Å². The summed E-state index contributed by atoms with van der Waals surface area (Å²) in [5.74, 6) is 1.32. The maximum atomic E-state index is 11.1. The number of aryl methyl sites for hydroxylation is 1. The lowest BCUT2D eigenvalue weighted by molar-refractivity contribution is -0.683. The van der Waals surface area contributed by atoms with Crippen LogP contribution in [0.1, 0.15) is 81.5 Å². The monoisotopic (exact) mass is 437 g/mol. The molecule has 0 spiro atoms. The number of nitrogens with two attached hydrogens (primary N) is 1. The molecule has 0 saturated heterocycles. The van der Waals surface area contributed by atoms with Gasteiger partial charge in [-0.1, -0.05) is 52.3 Å². The Morgan fingerprint density at radius 3 is 2.69 bits per heavy atom. The average molecular weight is 438 g/mol. The third-order valence-corrected chi connectivity index (χ3v) is 8.42. The summed E-state index contributed by atoms with van der Waals surface area (Å²) in [6.45, 7) is 11.0. The number of rotatable bonds is 6. The molecule has 0 heterocycles. The molecule has 2 aromatic carbocycles. The molecular weight excluding hydrogens is 400 g/mol. The molecule has 0 aromatic heterocycles. The van der Waals surface area contributed by atoms with Crippen molar-refractivity contribution in [2.75, 3.05) is 6.54 Å². The molecule has 172 valence electrons. The average Bonchev–Trinajstić information content (AvgIpc) is 2.74. The number of quaternary nitrogens is 1. The van der Waals surface area contributed by atoms with Gasteiger partial charge in [-0.05, 0) is 65.7 Å². The number of hydrogen-bond donors (Lipinski definition) is 2. The zero-order chi connectivity index (χ0) is 23.1. The highest BCUT2D eigenvalue weighted by molar-refractivity contribution is 5.43. The van der Waals surface area contributed by atoms with Crippen LogP contribution in [0.2, 0.25) is 0 Å². The minimum Gasteiger partial charge on any atom is -0.507 e. The van der Waals surface area contributed by atoms with Crippen LogP contribution in [0.3, 0.4) is 0 Å². The normalized spacial score (nSPS) is 27.1. The first-order valence-corrected chi connectivity index (χ1v) is 12.1. The molecule has 2 aliphatic carbocycles. The standard InChI is InChI=1S/C27H36N2O3/c1-18(2)19-6-9-23-20(14-19)7-11-25-26(3,12-5-13-27(23,25)4)17-28-16-21-15-22(29(31)32)8-10-24(21)30/h6,8-10,14-15,18,25,28,30H,5,7,11-13,16-17H2,1-4H3/p+1/t25-,26-,27-/m1/s1. The number of nitrogens with zero attached hydrogens (tertiary/aromatic N) is 1. The van der Waals surface area contributed by atoms with Crippen LogP contribution >= 0.6 is 0 Å². The molecule has 0 radical (unpaired) electrons. The second kappa shape index (κ2) is 8.51. The van der Waals surface area contributed by atoms with Crippen molar-refractivity contribution in [1.29, 1.82) is 0 Å². The number of nitro groups is 1. The van der Waals surface area contributed by atoms with E-state index in [9.17, 15) is 15.2 Å². The van der Waals surface area contributed by atoms with Crippen molar-refractivity contribution < 1.29 is 15.3 Å². The van der Waals surface area contributed by atoms with Gasteiger partial charge in [-0.15, -0.1) is 0 Å². The van der Waals surface area contributed by atoms with Crippen LogP contribution in [0.25, 0.3) is 0 Å². The van der Waals surface area contributed by atoms with Crippen LogP contribution < -0.4 is 5.32 Å². The van der Waals surface area contributed by atoms with Crippen molar-refractivity contribution >= 4 is 5.69 Å². The molecule has 3 atom stereocenters. The fourth-order valence-electron chi connectivity index (χ4n) is 6.65. The summed E-state index contributed by atoms with van der Waals surface area (Å²) >= 11 is 0. The van der Waals surface area contributed by atoms with Crippen molar-refractivity contribution in [3.63, 3.8) is 0 Å². The zero-order valence-electron chi connectivity index (χ0n) is 19.9. The molecule has 0 amide bonds. The second-order valence-electron chi connectivity index (χ2n) is 10.9. The Morgan fingerprint density at radius 2 is 1.97 bits per heavy atom. The van der Waals surface area contributed by atoms with E-state index in [1.165, 1.54) is 49.4 Å². The lowest BCUT2D eigenvalue weighted by Gasteiger charge is -2.54. The fraction of sp³-hybridized carbons (Fsp3) is 0.556. The zero-order valence-corrected chi connectivity index (χ0v) is 19.9. The summed E-state index contributed by atoms with van der Waals surface area (Å²) in [7, 11) is 0. The Kier molecular flexibility index (Phi) is 6.06. The second-order valence-corrected chi connectivity index (χ2v) is 10.9. The van der Waals surface area contributed by atoms with E-state index in [-0.39, 0.29) is 22.3 Å². The Hall–Kier alpha value is -2.40. The molecule has 4 rings (SSSR count). The van der Waals surface area contributed by atoms with Crippen LogP contribution in [-0.4, -0.2) is 16.6 Å². The first kappa shape index (κ1) is 22.8. The molecule has 1 fully saturated rings. The molecule has 0 aliphatic heterocycles. The minimum absolute atomic E-state index is 0.0345. The molecule has 5 heteroatoms. The quantitative estimate of drug-likeness (QED) is 0.482. The predicted molar refractivity (Wildman–Crippen MR) is 127 cm³/mol. The molecule has 5 nitrogen and oxygen atoms in total. The van der Waals surface area contributed by atoms with E-state index >= 15 is 0 Å². The van der Waals surface area contributed by atoms with Gasteiger partial charge in [-0.25, -0.2) is 0 Å². The molecule has 1 saturated carbocycles. The van der Waals surface area contributed by atoms with E-state index in [2.05, 4.69) is 51.2 Å². The van der Waals surface area contributed by atoms with Gasteiger partial charge in [0.25, 0.3) is 5.69 Å². The van der Waals surface area contributed by atoms with Gasteiger partial charge in [-0.2, -0.15) is 0 Å². The van der Waals surface area contributed by atoms with Crippen LogP contribution in [0.15, 0.2) is 36.4 Å². The highest BCUT2D eigenvalue weighted by Gasteiger charge is 2.52. The number of nitro benzene ring substituents is 1. The van der Waals surface area contributed by atoms with Crippen molar-refractivity contribution in [2.45, 2.75) is 77.7 Å². The van der Waals surface area contributed by atoms with E-state index in [1.807, 2.05) is 0 Å². The van der Waals surface area contributed by atoms with Gasteiger partial charge in [-0.3, -0.25) is 10.1 Å². The molecule has 3 N–H and O–H groups in total. The third kappa shape index (κ3) is 4.03. The summed E-state index contributed by atoms with van der Waals surface area (Å²) in [6, 6.07) is 11.5. The first-order chi connectivity index (χ1) is 15.1. The van der Waals surface area contributed by atoms with Crippen molar-refractivity contribution in [2.24, 2.45) is 11.3 Å². The smallest absolute Gasteiger partial charge is 0.270 e. The maximum Gasteiger partial charge on any atom is 0.270 e. The Bertz CT molecular complexity index is 1020. The van der Waals surface area contributed by atoms with E-state index in [0.717, 1.165) is 13.0 Å². The van der Waals surface area contributed by atoms with Gasteiger partial charge in [0.15, 0.2) is 0 Å². The van der Waals surface area contributed by atoms with E-state index < -0.39 is 4.92 Å². The minimum atomic E-state index is -0.402. The molecule has 0 bridgehead atoms. The lowest BCUT2D eigenvalue weighted by atomic mass is 9.49. The van der Waals surface area contributed by atoms with Gasteiger partial charge >= 0.3 is 0 Å². The summed E-state index contributed by atoms with van der Waals surface area (Å²) in [6.07, 6.45) is 6.05. The summed E-state index contributed by atoms with van der Waals surface area (Å²) in [5.41, 5.74) is 5.62. The third-order valence-electron chi connectivity index (χ3n) is 8.42. The number of fused-ring (bicyclic) bond motifs is 3. The van der Waals surface area contributed by atoms with Crippen LogP contribution in [0.4, 0.5) is 5.69 Å². The molecule has 2 aromatic rings. The predicted octanol–water partition coefficient (Wildman–Crippen LogP) is 5.20. The molecule has 0 unspecified atom stereocenters. The fourth-order valence-corrected chi connectivity index (χ4v) is 6.65. The number of phenolic OH excluding ortho intramolecular Hbond substituents is 1. The van der Waals surface area contributed by atoms with E-state index in [4.69, 9.17) is 0 Å². The highest BCUT2D eigenvalue weighted by Crippen LogP contribution is 2.56. The first-order valence-electron chi connectivity index (χ1n) is 12.1. The Balaban J connectivity index is 1.52. The highest BCUT2D eigenvalue weighted by atomic mass is 16.6. The van der Waals surface area contributed by atoms with E-state index in [1.54, 1.807) is 11.1 Å². The number of hydrogen-bond acceptors (Lipinski definition) is 3. The van der Waals surface area contributed by atoms with Crippen molar-refractivity contribution in [3.8, 4) is 5.75 Å². The van der Waals surface area contributed by atoms with Gasteiger partial charge in [0.2, 0.25) is 0 Å². The van der Waals surface area contributed by atoms with Crippen LogP contribution in [0, 0.1) is 21.4 Å². The van der Waals surface area contributed by atoms with Crippen LogP contribution in [-0.2, 0) is 18.4 Å². The molecular formula is C27H37N2O3+. The van der Waals surface area contributed by atoms with Gasteiger partial charge in [0.05, 0.1) is 17.0 Å². The SMILES string of the molecule is CC(C)c1ccc2c(c1)CC[C@@H]1[C@@](C)(C[NH2+]Cc3cc([N+](=O)[O-])ccc3O)CCC[C@]21C. The van der Waals surface area contributed by atoms with Gasteiger partial charge in [0.1, 0.15) is 12.3 Å². The maximum absolute atomic E-state index is 11.1. The Labute approximate surface area is 191 Å². The molecule has 32 heavy (non-hydrogen) atoms. The topological polar surface area (TPSA) is 80.0 Å². The Morgan fingerprint density at radius 1 is 1.19 bits per heavy atom. The summed E-state index contributed by atoms with van der Waals surface area (Å²) in [5, 5.41) is 23.5. The van der Waals surface area contributed by atoms with Crippen molar-refractivity contribution in [3.05, 3.63) is 68.8 Å². The number of non-ortho nitro benzene ring substituents is 1. The van der Waals surface area contributed by atoms with E-state index in [0.29, 0.717) is 23.9 Å². The largest absolute Gasteiger partial charge is 0.507 e. The van der Waals surface area contributed by atoms with Gasteiger partial charge in [0, 0.05) is 17.5 Å². The number of aromatic hydroxyl groups is 1. The van der Waals surface area contributed by atoms with Gasteiger partial charge < -0.3 is 10.4 Å². The molecule has 2 aliphatic rings. The number of benzene rings is 2. The summed E-state index contributed by atoms with van der Waals surface area (Å²) in [4.78, 5) is 10.7. The number of phenols is 1. The summed E-state index contributed by atoms with van der Waals surface area (Å²) < 4.78 is 0. The lowest BCUT2D eigenvalue weighted by Crippen LogP contribution is -2.86.